The number of hydrogen-bond donors (Lipinski definition) is 1. The molecule has 0 atom stereocenters. The molecular formula is C16H28N2O5S2. The predicted molar refractivity (Wildman–Crippen MR) is 101 cm³/mol. The zero-order valence-corrected chi connectivity index (χ0v) is 16.4. The van der Waals surface area contributed by atoms with Gasteiger partial charge in [-0.25, -0.2) is 0 Å². The first-order valence-corrected chi connectivity index (χ1v) is 11.2. The largest absolute Gasteiger partial charge is 0.356 e. The Hall–Kier alpha value is -0.960. The molecule has 1 rings (SSSR count). The molecule has 144 valence electrons. The minimum atomic E-state index is -0.786. The summed E-state index contributed by atoms with van der Waals surface area (Å²) in [6.45, 7) is 2.22. The van der Waals surface area contributed by atoms with Crippen LogP contribution in [-0.4, -0.2) is 41.4 Å². The van der Waals surface area contributed by atoms with E-state index >= 15 is 0 Å². The first kappa shape index (κ1) is 22.1. The molecule has 1 N–H and O–H groups in total. The van der Waals surface area contributed by atoms with Crippen molar-refractivity contribution in [1.29, 1.82) is 0 Å². The molecule has 0 aromatic rings. The minimum absolute atomic E-state index is 0.0353. The number of carbonyl (C=O) groups excluding carboxylic acids is 2. The number of carbonyl (C=O) groups is 2. The highest BCUT2D eigenvalue weighted by molar-refractivity contribution is 8.76. The van der Waals surface area contributed by atoms with Crippen molar-refractivity contribution in [3.63, 3.8) is 0 Å². The zero-order valence-electron chi connectivity index (χ0n) is 14.8. The second-order valence-electron chi connectivity index (χ2n) is 6.49. The number of Topliss-reactive ketones (excluding diaryl/α,β-unsaturated/α-hetero) is 1. The molecule has 25 heavy (non-hydrogen) atoms. The van der Waals surface area contributed by atoms with E-state index in [1.807, 2.05) is 0 Å². The maximum Gasteiger partial charge on any atom is 0.294 e. The lowest BCUT2D eigenvalue weighted by Crippen LogP contribution is -2.39. The fourth-order valence-electron chi connectivity index (χ4n) is 3.13. The molecule has 0 unspecified atom stereocenters. The van der Waals surface area contributed by atoms with Gasteiger partial charge in [-0.1, -0.05) is 40.9 Å². The normalized spacial score (nSPS) is 16.2. The van der Waals surface area contributed by atoms with E-state index in [4.69, 9.17) is 0 Å². The summed E-state index contributed by atoms with van der Waals surface area (Å²) in [5.41, 5.74) is -0.0528. The standard InChI is InChI=1S/C16H28N2O5S2/c1-14(19)17-13-16(7-3-2-4-8-16)12-15(20)6-5-10-24-25-11-9-23-18(21)22/h2-13H2,1H3,(H,17,19). The molecule has 0 spiro atoms. The average Bonchev–Trinajstić information content (AvgIpc) is 2.56. The molecule has 1 amide bonds. The first-order chi connectivity index (χ1) is 11.9. The van der Waals surface area contributed by atoms with Gasteiger partial charge in [0.25, 0.3) is 5.09 Å². The van der Waals surface area contributed by atoms with E-state index in [9.17, 15) is 19.7 Å². The maximum absolute atomic E-state index is 12.3. The summed E-state index contributed by atoms with van der Waals surface area (Å²) in [6.07, 6.45) is 7.42. The molecule has 1 fully saturated rings. The molecule has 0 saturated heterocycles. The van der Waals surface area contributed by atoms with Crippen LogP contribution in [0.2, 0.25) is 0 Å². The van der Waals surface area contributed by atoms with Crippen molar-refractivity contribution in [2.75, 3.05) is 24.7 Å². The number of hydrogen-bond acceptors (Lipinski definition) is 7. The van der Waals surface area contributed by atoms with E-state index < -0.39 is 5.09 Å². The summed E-state index contributed by atoms with van der Waals surface area (Å²) in [5, 5.41) is 12.1. The van der Waals surface area contributed by atoms with E-state index in [-0.39, 0.29) is 23.7 Å². The lowest BCUT2D eigenvalue weighted by molar-refractivity contribution is -0.756. The number of amides is 1. The summed E-state index contributed by atoms with van der Waals surface area (Å²) in [7, 11) is 3.13. The Labute approximate surface area is 156 Å². The Kier molecular flexibility index (Phi) is 11.0. The van der Waals surface area contributed by atoms with Crippen molar-refractivity contribution in [3.05, 3.63) is 10.1 Å². The molecule has 1 saturated carbocycles. The van der Waals surface area contributed by atoms with Crippen LogP contribution in [0, 0.1) is 15.5 Å². The quantitative estimate of drug-likeness (QED) is 0.222. The molecule has 7 nitrogen and oxygen atoms in total. The van der Waals surface area contributed by atoms with Gasteiger partial charge in [0, 0.05) is 37.8 Å². The molecule has 1 aliphatic carbocycles. The number of nitrogens with zero attached hydrogens (tertiary/aromatic N) is 1. The van der Waals surface area contributed by atoms with Gasteiger partial charge in [0.15, 0.2) is 0 Å². The van der Waals surface area contributed by atoms with Crippen molar-refractivity contribution < 1.29 is 19.5 Å². The van der Waals surface area contributed by atoms with Gasteiger partial charge in [0.2, 0.25) is 5.91 Å². The fraction of sp³-hybridized carbons (Fsp3) is 0.875. The van der Waals surface area contributed by atoms with E-state index in [0.717, 1.165) is 37.9 Å². The van der Waals surface area contributed by atoms with Crippen LogP contribution in [0.1, 0.15) is 58.3 Å². The lowest BCUT2D eigenvalue weighted by Gasteiger charge is -2.37. The van der Waals surface area contributed by atoms with E-state index in [1.54, 1.807) is 10.8 Å². The molecule has 0 aliphatic heterocycles. The van der Waals surface area contributed by atoms with Gasteiger partial charge >= 0.3 is 0 Å². The summed E-state index contributed by atoms with van der Waals surface area (Å²) >= 11 is 0. The molecule has 0 aromatic heterocycles. The summed E-state index contributed by atoms with van der Waals surface area (Å²) in [6, 6.07) is 0. The van der Waals surface area contributed by atoms with E-state index in [2.05, 4.69) is 10.2 Å². The zero-order chi connectivity index (χ0) is 18.5. The van der Waals surface area contributed by atoms with Gasteiger partial charge < -0.3 is 10.2 Å². The summed E-state index contributed by atoms with van der Waals surface area (Å²) < 4.78 is 0. The Balaban J connectivity index is 2.19. The molecule has 0 heterocycles. The third kappa shape index (κ3) is 10.6. The third-order valence-electron chi connectivity index (χ3n) is 4.33. The molecule has 0 bridgehead atoms. The van der Waals surface area contributed by atoms with E-state index in [1.165, 1.54) is 24.1 Å². The molecule has 9 heteroatoms. The monoisotopic (exact) mass is 392 g/mol. The minimum Gasteiger partial charge on any atom is -0.356 e. The van der Waals surface area contributed by atoms with Crippen LogP contribution in [0.25, 0.3) is 0 Å². The van der Waals surface area contributed by atoms with Crippen LogP contribution in [0.4, 0.5) is 0 Å². The molecule has 0 aromatic carbocycles. The van der Waals surface area contributed by atoms with Crippen molar-refractivity contribution in [2.24, 2.45) is 5.41 Å². The average molecular weight is 393 g/mol. The van der Waals surface area contributed by atoms with Crippen molar-refractivity contribution in [1.82, 2.24) is 5.32 Å². The van der Waals surface area contributed by atoms with Gasteiger partial charge in [0.05, 0.1) is 0 Å². The summed E-state index contributed by atoms with van der Waals surface area (Å²) in [5.74, 6) is 1.63. The Morgan fingerprint density at radius 3 is 2.52 bits per heavy atom. The van der Waals surface area contributed by atoms with Crippen LogP contribution >= 0.6 is 21.6 Å². The van der Waals surface area contributed by atoms with Gasteiger partial charge in [-0.2, -0.15) is 0 Å². The highest BCUT2D eigenvalue weighted by atomic mass is 33.1. The number of nitrogens with one attached hydrogen (secondary N) is 1. The number of rotatable bonds is 13. The topological polar surface area (TPSA) is 98.5 Å². The maximum atomic E-state index is 12.3. The van der Waals surface area contributed by atoms with Crippen LogP contribution in [0.3, 0.4) is 0 Å². The number of ketones is 1. The Bertz CT molecular complexity index is 442. The fourth-order valence-corrected chi connectivity index (χ4v) is 5.03. The van der Waals surface area contributed by atoms with Gasteiger partial charge in [-0.3, -0.25) is 9.59 Å². The highest BCUT2D eigenvalue weighted by Gasteiger charge is 2.34. The molecule has 1 aliphatic rings. The van der Waals surface area contributed by atoms with Crippen LogP contribution in [-0.2, 0) is 14.4 Å². The van der Waals surface area contributed by atoms with Crippen molar-refractivity contribution in [2.45, 2.75) is 58.3 Å². The van der Waals surface area contributed by atoms with Gasteiger partial charge in [-0.15, -0.1) is 10.1 Å². The van der Waals surface area contributed by atoms with Crippen LogP contribution in [0.15, 0.2) is 0 Å². The van der Waals surface area contributed by atoms with Gasteiger partial charge in [-0.05, 0) is 24.7 Å². The Morgan fingerprint density at radius 1 is 1.20 bits per heavy atom. The lowest BCUT2D eigenvalue weighted by atomic mass is 9.70. The smallest absolute Gasteiger partial charge is 0.294 e. The first-order valence-electron chi connectivity index (χ1n) is 8.71. The predicted octanol–water partition coefficient (Wildman–Crippen LogP) is 3.40. The third-order valence-corrected chi connectivity index (χ3v) is 6.78. The Morgan fingerprint density at radius 2 is 1.88 bits per heavy atom. The molecule has 0 radical (unpaired) electrons. The second kappa shape index (κ2) is 12.4. The SMILES string of the molecule is CC(=O)NCC1(CC(=O)CCCSSCCO[N+](=O)[O-])CCCCC1. The highest BCUT2D eigenvalue weighted by Crippen LogP contribution is 2.39. The second-order valence-corrected chi connectivity index (χ2v) is 9.19. The summed E-state index contributed by atoms with van der Waals surface area (Å²) in [4.78, 5) is 37.8. The van der Waals surface area contributed by atoms with E-state index in [0.29, 0.717) is 25.1 Å². The van der Waals surface area contributed by atoms with Crippen molar-refractivity contribution >= 4 is 33.3 Å². The van der Waals surface area contributed by atoms with Gasteiger partial charge in [0.1, 0.15) is 12.4 Å². The van der Waals surface area contributed by atoms with Crippen molar-refractivity contribution in [3.8, 4) is 0 Å². The molecular weight excluding hydrogens is 364 g/mol. The van der Waals surface area contributed by atoms with Crippen LogP contribution in [0.5, 0.6) is 0 Å². The van der Waals surface area contributed by atoms with Crippen LogP contribution < -0.4 is 5.32 Å².